The van der Waals surface area contributed by atoms with Gasteiger partial charge in [0.05, 0.1) is 5.92 Å². The van der Waals surface area contributed by atoms with E-state index in [0.29, 0.717) is 11.1 Å². The van der Waals surface area contributed by atoms with Crippen LogP contribution >= 0.6 is 0 Å². The van der Waals surface area contributed by atoms with Gasteiger partial charge in [-0.15, -0.1) is 0 Å². The summed E-state index contributed by atoms with van der Waals surface area (Å²) in [6, 6.07) is -0.893. The SMILES string of the molecule is Cc1c(C)c(C)c2c(c1C)C(=O)[C@H](C(C)C)[C@H]2[N+](=O)[O-]. The van der Waals surface area contributed by atoms with Gasteiger partial charge in [-0.1, -0.05) is 13.8 Å². The number of fused-ring (bicyclic) bond motifs is 1. The molecule has 1 aromatic rings. The molecule has 4 nitrogen and oxygen atoms in total. The first kappa shape index (κ1) is 14.7. The zero-order valence-electron chi connectivity index (χ0n) is 12.9. The molecule has 0 saturated heterocycles. The smallest absolute Gasteiger partial charge is 0.249 e. The molecule has 0 heterocycles. The monoisotopic (exact) mass is 275 g/mol. The number of carbonyl (C=O) groups excluding carboxylic acids is 1. The van der Waals surface area contributed by atoms with Gasteiger partial charge in [0.25, 0.3) is 0 Å². The van der Waals surface area contributed by atoms with Crippen LogP contribution in [-0.4, -0.2) is 10.7 Å². The van der Waals surface area contributed by atoms with E-state index in [1.165, 1.54) is 0 Å². The standard InChI is InChI=1S/C16H21NO3/c1-7(2)12-15(17(19)20)13-10(5)8(3)9(4)11(6)14(13)16(12)18/h7,12,15H,1-6H3/t12-,15-/m1/s1. The number of ketones is 1. The van der Waals surface area contributed by atoms with Gasteiger partial charge in [0.2, 0.25) is 6.04 Å². The molecule has 0 spiro atoms. The van der Waals surface area contributed by atoms with E-state index in [1.54, 1.807) is 0 Å². The number of hydrogen-bond acceptors (Lipinski definition) is 3. The molecular formula is C16H21NO3. The van der Waals surface area contributed by atoms with Crippen molar-refractivity contribution in [2.45, 2.75) is 47.6 Å². The van der Waals surface area contributed by atoms with Crippen LogP contribution in [0.4, 0.5) is 0 Å². The van der Waals surface area contributed by atoms with Crippen LogP contribution in [0.5, 0.6) is 0 Å². The molecule has 2 atom stereocenters. The fourth-order valence-electron chi connectivity index (χ4n) is 3.42. The Morgan fingerprint density at radius 2 is 1.50 bits per heavy atom. The molecule has 0 radical (unpaired) electrons. The maximum absolute atomic E-state index is 12.7. The van der Waals surface area contributed by atoms with Gasteiger partial charge in [0, 0.05) is 16.1 Å². The lowest BCUT2D eigenvalue weighted by molar-refractivity contribution is -0.536. The fraction of sp³-hybridized carbons (Fsp3) is 0.562. The lowest BCUT2D eigenvalue weighted by Crippen LogP contribution is -2.25. The van der Waals surface area contributed by atoms with E-state index in [0.717, 1.165) is 22.3 Å². The zero-order chi connectivity index (χ0) is 15.4. The summed E-state index contributed by atoms with van der Waals surface area (Å²) >= 11 is 0. The van der Waals surface area contributed by atoms with E-state index >= 15 is 0 Å². The van der Waals surface area contributed by atoms with Crippen LogP contribution in [0, 0.1) is 49.6 Å². The molecule has 108 valence electrons. The van der Waals surface area contributed by atoms with Crippen molar-refractivity contribution < 1.29 is 9.72 Å². The van der Waals surface area contributed by atoms with Crippen LogP contribution in [0.25, 0.3) is 0 Å². The molecule has 1 aliphatic carbocycles. The number of rotatable bonds is 2. The van der Waals surface area contributed by atoms with Gasteiger partial charge in [-0.3, -0.25) is 14.9 Å². The van der Waals surface area contributed by atoms with E-state index < -0.39 is 12.0 Å². The first-order chi connectivity index (χ1) is 9.20. The number of hydrogen-bond donors (Lipinski definition) is 0. The fourth-order valence-corrected chi connectivity index (χ4v) is 3.42. The summed E-state index contributed by atoms with van der Waals surface area (Å²) in [7, 11) is 0. The van der Waals surface area contributed by atoms with Crippen molar-refractivity contribution in [1.29, 1.82) is 0 Å². The zero-order valence-corrected chi connectivity index (χ0v) is 12.9. The molecule has 0 bridgehead atoms. The molecule has 0 amide bonds. The third-order valence-corrected chi connectivity index (χ3v) is 4.87. The summed E-state index contributed by atoms with van der Waals surface area (Å²) in [5.74, 6) is -0.635. The molecule has 2 rings (SSSR count). The largest absolute Gasteiger partial charge is 0.294 e. The first-order valence-electron chi connectivity index (χ1n) is 6.98. The van der Waals surface area contributed by atoms with Crippen molar-refractivity contribution in [3.05, 3.63) is 43.5 Å². The van der Waals surface area contributed by atoms with Gasteiger partial charge in [-0.05, 0) is 55.9 Å². The predicted molar refractivity (Wildman–Crippen MR) is 77.8 cm³/mol. The van der Waals surface area contributed by atoms with Crippen LogP contribution in [0.2, 0.25) is 0 Å². The van der Waals surface area contributed by atoms with Crippen molar-refractivity contribution >= 4 is 5.78 Å². The van der Waals surface area contributed by atoms with E-state index in [9.17, 15) is 14.9 Å². The molecule has 0 saturated carbocycles. The van der Waals surface area contributed by atoms with Gasteiger partial charge in [0.1, 0.15) is 0 Å². The Hall–Kier alpha value is -1.71. The Bertz CT molecular complexity index is 617. The van der Waals surface area contributed by atoms with E-state index in [2.05, 4.69) is 0 Å². The highest BCUT2D eigenvalue weighted by Crippen LogP contribution is 2.46. The molecule has 0 aliphatic heterocycles. The highest BCUT2D eigenvalue weighted by molar-refractivity contribution is 6.05. The number of nitro groups is 1. The van der Waals surface area contributed by atoms with Crippen LogP contribution < -0.4 is 0 Å². The summed E-state index contributed by atoms with van der Waals surface area (Å²) in [5.41, 5.74) is 5.20. The summed E-state index contributed by atoms with van der Waals surface area (Å²) < 4.78 is 0. The average Bonchev–Trinajstić information content (AvgIpc) is 2.67. The minimum atomic E-state index is -0.893. The summed E-state index contributed by atoms with van der Waals surface area (Å²) in [6.45, 7) is 11.5. The minimum Gasteiger partial charge on any atom is -0.294 e. The molecule has 0 unspecified atom stereocenters. The molecule has 0 fully saturated rings. The number of Topliss-reactive ketones (excluding diaryl/α,β-unsaturated/α-hetero) is 1. The molecule has 1 aromatic carbocycles. The van der Waals surface area contributed by atoms with Gasteiger partial charge in [-0.25, -0.2) is 0 Å². The normalized spacial score (nSPS) is 21.4. The molecule has 1 aliphatic rings. The van der Waals surface area contributed by atoms with Gasteiger partial charge < -0.3 is 0 Å². The second-order valence-corrected chi connectivity index (χ2v) is 6.15. The molecule has 20 heavy (non-hydrogen) atoms. The third-order valence-electron chi connectivity index (χ3n) is 4.87. The Labute approximate surface area is 119 Å². The van der Waals surface area contributed by atoms with Gasteiger partial charge in [-0.2, -0.15) is 0 Å². The van der Waals surface area contributed by atoms with Crippen LogP contribution in [0.3, 0.4) is 0 Å². The molecule has 0 aromatic heterocycles. The number of benzene rings is 1. The first-order valence-corrected chi connectivity index (χ1v) is 6.98. The van der Waals surface area contributed by atoms with E-state index in [1.807, 2.05) is 41.5 Å². The quantitative estimate of drug-likeness (QED) is 0.610. The van der Waals surface area contributed by atoms with Crippen LogP contribution in [0.15, 0.2) is 0 Å². The van der Waals surface area contributed by atoms with Crippen LogP contribution in [0.1, 0.15) is 58.1 Å². The minimum absolute atomic E-state index is 0.0373. The topological polar surface area (TPSA) is 60.2 Å². The van der Waals surface area contributed by atoms with Gasteiger partial charge >= 0.3 is 0 Å². The van der Waals surface area contributed by atoms with Crippen molar-refractivity contribution in [1.82, 2.24) is 0 Å². The van der Waals surface area contributed by atoms with Crippen LogP contribution in [-0.2, 0) is 0 Å². The molecule has 4 heteroatoms. The Morgan fingerprint density at radius 3 is 1.95 bits per heavy atom. The number of carbonyl (C=O) groups is 1. The molecular weight excluding hydrogens is 254 g/mol. The predicted octanol–water partition coefficient (Wildman–Crippen LogP) is 3.71. The maximum atomic E-state index is 12.7. The summed E-state index contributed by atoms with van der Waals surface area (Å²) in [5, 5.41) is 11.5. The van der Waals surface area contributed by atoms with Crippen molar-refractivity contribution in [2.24, 2.45) is 11.8 Å². The lowest BCUT2D eigenvalue weighted by atomic mass is 9.87. The Kier molecular flexibility index (Phi) is 3.44. The summed E-state index contributed by atoms with van der Waals surface area (Å²) in [6.07, 6.45) is 0. The molecule has 0 N–H and O–H groups in total. The Balaban J connectivity index is 2.84. The number of nitrogens with zero attached hydrogens (tertiary/aromatic N) is 1. The summed E-state index contributed by atoms with van der Waals surface area (Å²) in [4.78, 5) is 23.9. The Morgan fingerprint density at radius 1 is 1.00 bits per heavy atom. The van der Waals surface area contributed by atoms with E-state index in [-0.39, 0.29) is 16.6 Å². The highest BCUT2D eigenvalue weighted by atomic mass is 16.6. The second-order valence-electron chi connectivity index (χ2n) is 6.15. The average molecular weight is 275 g/mol. The lowest BCUT2D eigenvalue weighted by Gasteiger charge is -2.17. The van der Waals surface area contributed by atoms with Crippen molar-refractivity contribution in [2.75, 3.05) is 0 Å². The van der Waals surface area contributed by atoms with E-state index in [4.69, 9.17) is 0 Å². The highest BCUT2D eigenvalue weighted by Gasteiger charge is 2.50. The third kappa shape index (κ3) is 1.78. The maximum Gasteiger partial charge on any atom is 0.249 e. The van der Waals surface area contributed by atoms with Crippen molar-refractivity contribution in [3.63, 3.8) is 0 Å². The second kappa shape index (κ2) is 4.69. The van der Waals surface area contributed by atoms with Gasteiger partial charge in [0.15, 0.2) is 5.78 Å². The van der Waals surface area contributed by atoms with Crippen molar-refractivity contribution in [3.8, 4) is 0 Å².